The van der Waals surface area contributed by atoms with Crippen LogP contribution in [0.5, 0.6) is 0 Å². The van der Waals surface area contributed by atoms with Gasteiger partial charge in [-0.05, 0) is 37.8 Å². The Morgan fingerprint density at radius 2 is 2.16 bits per heavy atom. The van der Waals surface area contributed by atoms with Crippen LogP contribution in [0.25, 0.3) is 0 Å². The van der Waals surface area contributed by atoms with E-state index in [1.165, 1.54) is 24.1 Å². The van der Waals surface area contributed by atoms with Crippen LogP contribution in [-0.4, -0.2) is 53.0 Å². The smallest absolute Gasteiger partial charge is 0.247 e. The summed E-state index contributed by atoms with van der Waals surface area (Å²) in [5.74, 6) is 0.835. The molecule has 2 aliphatic heterocycles. The van der Waals surface area contributed by atoms with Gasteiger partial charge in [0.25, 0.3) is 0 Å². The van der Waals surface area contributed by atoms with E-state index in [9.17, 15) is 0 Å². The van der Waals surface area contributed by atoms with E-state index in [2.05, 4.69) is 34.2 Å². The molecule has 1 atom stereocenters. The molecule has 0 aromatic heterocycles. The van der Waals surface area contributed by atoms with Gasteiger partial charge in [0.05, 0.1) is 18.3 Å². The Morgan fingerprint density at radius 3 is 2.84 bits per heavy atom. The first-order valence-corrected chi connectivity index (χ1v) is 8.20. The first kappa shape index (κ1) is 13.0. The molecule has 0 bridgehead atoms. The molecular weight excluding hydrogens is 258 g/mol. The number of hydrazine groups is 1. The molecule has 1 aliphatic carbocycles. The summed E-state index contributed by atoms with van der Waals surface area (Å²) < 4.78 is 0. The molecule has 0 saturated heterocycles. The van der Waals surface area contributed by atoms with Crippen molar-refractivity contribution in [3.05, 3.63) is 11.3 Å². The van der Waals surface area contributed by atoms with Crippen molar-refractivity contribution in [3.8, 4) is 0 Å². The Morgan fingerprint density at radius 1 is 1.37 bits per heavy atom. The highest BCUT2D eigenvalue weighted by atomic mass is 32.2. The molecule has 0 radical (unpaired) electrons. The van der Waals surface area contributed by atoms with Crippen LogP contribution in [0.4, 0.5) is 0 Å². The molecule has 5 nitrogen and oxygen atoms in total. The minimum absolute atomic E-state index is 0.494. The fourth-order valence-corrected chi connectivity index (χ4v) is 3.45. The molecular formula is C13H21N5S. The Hall–Kier alpha value is -1.01. The molecule has 1 unspecified atom stereocenters. The predicted octanol–water partition coefficient (Wildman–Crippen LogP) is 1.65. The van der Waals surface area contributed by atoms with Crippen LogP contribution in [0.15, 0.2) is 21.3 Å². The van der Waals surface area contributed by atoms with Crippen LogP contribution in [-0.2, 0) is 0 Å². The van der Waals surface area contributed by atoms with E-state index in [0.29, 0.717) is 6.04 Å². The van der Waals surface area contributed by atoms with E-state index < -0.39 is 0 Å². The van der Waals surface area contributed by atoms with E-state index in [-0.39, 0.29) is 0 Å². The first-order chi connectivity index (χ1) is 9.26. The number of fused-ring (bicyclic) bond motifs is 1. The molecule has 0 saturated carbocycles. The molecule has 6 heteroatoms. The molecule has 3 aliphatic rings. The molecule has 0 amide bonds. The highest BCUT2D eigenvalue weighted by molar-refractivity contribution is 8.13. The van der Waals surface area contributed by atoms with Gasteiger partial charge < -0.3 is 0 Å². The zero-order valence-electron chi connectivity index (χ0n) is 11.8. The van der Waals surface area contributed by atoms with Crippen molar-refractivity contribution >= 4 is 22.9 Å². The monoisotopic (exact) mass is 279 g/mol. The van der Waals surface area contributed by atoms with Gasteiger partial charge in [0.2, 0.25) is 5.96 Å². The second kappa shape index (κ2) is 5.17. The molecule has 0 aromatic rings. The highest BCUT2D eigenvalue weighted by Crippen LogP contribution is 2.35. The third kappa shape index (κ3) is 2.17. The van der Waals surface area contributed by atoms with Crippen molar-refractivity contribution in [1.29, 1.82) is 0 Å². The van der Waals surface area contributed by atoms with E-state index in [1.54, 1.807) is 11.8 Å². The van der Waals surface area contributed by atoms with Gasteiger partial charge in [0.15, 0.2) is 5.17 Å². The molecule has 2 heterocycles. The van der Waals surface area contributed by atoms with Crippen LogP contribution in [0.1, 0.15) is 26.7 Å². The van der Waals surface area contributed by atoms with Crippen LogP contribution >= 0.6 is 11.8 Å². The van der Waals surface area contributed by atoms with Gasteiger partial charge in [-0.25, -0.2) is 10.0 Å². The number of likely N-dealkylation sites (N-methyl/N-ethyl adjacent to an activating group) is 1. The summed E-state index contributed by atoms with van der Waals surface area (Å²) in [7, 11) is 0. The first-order valence-electron chi connectivity index (χ1n) is 6.98. The third-order valence-corrected chi connectivity index (χ3v) is 4.66. The maximum absolute atomic E-state index is 4.82. The molecule has 104 valence electrons. The third-order valence-electron chi connectivity index (χ3n) is 4.09. The normalized spacial score (nSPS) is 25.3. The number of hydrogen-bond donors (Lipinski definition) is 1. The number of nitrogens with one attached hydrogen (secondary N) is 1. The molecule has 3 rings (SSSR count). The van der Waals surface area contributed by atoms with E-state index in [0.717, 1.165) is 30.8 Å². The van der Waals surface area contributed by atoms with Crippen LogP contribution in [0, 0.1) is 0 Å². The second-order valence-corrected chi connectivity index (χ2v) is 5.79. The minimum atomic E-state index is 0.494. The Kier molecular flexibility index (Phi) is 3.54. The lowest BCUT2D eigenvalue weighted by molar-refractivity contribution is 0.241. The SMILES string of the molecule is CCN(CC)C1CCC2=C1N=C1N=C(SC)NN1C2. The van der Waals surface area contributed by atoms with Gasteiger partial charge in [0.1, 0.15) is 0 Å². The van der Waals surface area contributed by atoms with Gasteiger partial charge in [-0.3, -0.25) is 10.3 Å². The van der Waals surface area contributed by atoms with Crippen molar-refractivity contribution in [2.24, 2.45) is 9.98 Å². The van der Waals surface area contributed by atoms with Crippen molar-refractivity contribution < 1.29 is 0 Å². The zero-order chi connectivity index (χ0) is 13.4. The van der Waals surface area contributed by atoms with E-state index in [4.69, 9.17) is 4.99 Å². The molecule has 0 aromatic carbocycles. The number of nitrogens with zero attached hydrogens (tertiary/aromatic N) is 4. The molecule has 19 heavy (non-hydrogen) atoms. The van der Waals surface area contributed by atoms with E-state index >= 15 is 0 Å². The Balaban J connectivity index is 1.86. The summed E-state index contributed by atoms with van der Waals surface area (Å²) in [5.41, 5.74) is 6.05. The summed E-state index contributed by atoms with van der Waals surface area (Å²) in [6.07, 6.45) is 4.40. The van der Waals surface area contributed by atoms with Crippen LogP contribution in [0.2, 0.25) is 0 Å². The lowest BCUT2D eigenvalue weighted by Gasteiger charge is -2.29. The van der Waals surface area contributed by atoms with E-state index in [1.807, 2.05) is 6.26 Å². The summed E-state index contributed by atoms with van der Waals surface area (Å²) in [6.45, 7) is 7.56. The second-order valence-electron chi connectivity index (χ2n) is 5.00. The molecule has 0 spiro atoms. The number of aliphatic imine (C=N–C) groups is 2. The zero-order valence-corrected chi connectivity index (χ0v) is 12.6. The van der Waals surface area contributed by atoms with Crippen molar-refractivity contribution in [2.75, 3.05) is 25.9 Å². The number of amidine groups is 1. The quantitative estimate of drug-likeness (QED) is 0.853. The average molecular weight is 279 g/mol. The summed E-state index contributed by atoms with van der Waals surface area (Å²) in [5, 5.41) is 3.01. The predicted molar refractivity (Wildman–Crippen MR) is 81.2 cm³/mol. The van der Waals surface area contributed by atoms with Gasteiger partial charge in [-0.2, -0.15) is 4.99 Å². The fourth-order valence-electron chi connectivity index (χ4n) is 3.07. The van der Waals surface area contributed by atoms with Gasteiger partial charge in [-0.15, -0.1) is 0 Å². The van der Waals surface area contributed by atoms with Crippen LogP contribution < -0.4 is 5.43 Å². The number of thioether (sulfide) groups is 1. The van der Waals surface area contributed by atoms with Gasteiger partial charge >= 0.3 is 0 Å². The maximum atomic E-state index is 4.82. The summed E-state index contributed by atoms with van der Waals surface area (Å²) in [6, 6.07) is 0.494. The Bertz CT molecular complexity index is 464. The average Bonchev–Trinajstić information content (AvgIpc) is 3.01. The number of rotatable bonds is 3. The Labute approximate surface area is 118 Å². The maximum Gasteiger partial charge on any atom is 0.247 e. The number of guanidine groups is 1. The lowest BCUT2D eigenvalue weighted by atomic mass is 10.2. The van der Waals surface area contributed by atoms with Crippen molar-refractivity contribution in [1.82, 2.24) is 15.3 Å². The summed E-state index contributed by atoms with van der Waals surface area (Å²) in [4.78, 5) is 11.8. The van der Waals surface area contributed by atoms with Crippen LogP contribution in [0.3, 0.4) is 0 Å². The van der Waals surface area contributed by atoms with Gasteiger partial charge in [-0.1, -0.05) is 25.6 Å². The molecule has 0 fully saturated rings. The molecule has 1 N–H and O–H groups in total. The highest BCUT2D eigenvalue weighted by Gasteiger charge is 2.35. The number of hydrogen-bond acceptors (Lipinski definition) is 6. The fraction of sp³-hybridized carbons (Fsp3) is 0.692. The summed E-state index contributed by atoms with van der Waals surface area (Å²) >= 11 is 1.63. The topological polar surface area (TPSA) is 43.2 Å². The minimum Gasteiger partial charge on any atom is -0.295 e. The van der Waals surface area contributed by atoms with Gasteiger partial charge in [0, 0.05) is 0 Å². The van der Waals surface area contributed by atoms with Crippen molar-refractivity contribution in [2.45, 2.75) is 32.7 Å². The lowest BCUT2D eigenvalue weighted by Crippen LogP contribution is -2.42. The van der Waals surface area contributed by atoms with Crippen molar-refractivity contribution in [3.63, 3.8) is 0 Å². The standard InChI is InChI=1S/C13H21N5S/c1-4-17(5-2)10-7-6-9-8-18-12(14-11(9)10)15-13(16-18)19-3/h10H,4-8H2,1-3H3,(H,14,15,16). The largest absolute Gasteiger partial charge is 0.295 e.